The fourth-order valence-electron chi connectivity index (χ4n) is 10.5. The van der Waals surface area contributed by atoms with Gasteiger partial charge >= 0.3 is 18.0 Å². The third kappa shape index (κ3) is 16.4. The molecule has 22 nitrogen and oxygen atoms in total. The number of ether oxygens (including phenoxy) is 6. The summed E-state index contributed by atoms with van der Waals surface area (Å²) in [5.74, 6) is -2.92. The van der Waals surface area contributed by atoms with E-state index in [2.05, 4.69) is 15.8 Å². The number of benzene rings is 2. The van der Waals surface area contributed by atoms with E-state index < -0.39 is 88.2 Å². The van der Waals surface area contributed by atoms with E-state index in [1.807, 2.05) is 45.0 Å². The van der Waals surface area contributed by atoms with Gasteiger partial charge in [-0.2, -0.15) is 5.10 Å². The number of hydroxylamine groups is 2. The molecule has 2 aromatic carbocycles. The van der Waals surface area contributed by atoms with Gasteiger partial charge in [0.15, 0.2) is 5.72 Å². The van der Waals surface area contributed by atoms with Crippen LogP contribution in [-0.4, -0.2) is 156 Å². The standard InChI is InChI=1S/C59H77ClN6O16S2/c1-34-15-13-18-45(77-10)59(75)32-44(79-56(74)61-59)35(2)54-58(6,81-54)46(31-51(71)65(8)42-28-37(27-34)29-43(76-9)53(42)60)80-55(73)36(3)64(7)48(68)24-26-83-84-57(4,5)33-47(67)63-62-41-17-12-11-16-38-30-39(20-21-40(38)41)78-25-14-19-52(72)82-66-49(69)22-23-50(66)70/h13,15,18,20-21,28-30,35-36,44-46,54,75H,11-12,14,16-17,19,22-27,31-33H2,1-10H3,(H,61,74)(H,63,67)/b18-13+,34-15+,62-41+/t35-,36+,44+,45-,46+,54+,58+,59+/m1/s1. The Labute approximate surface area is 502 Å². The molecule has 3 saturated heterocycles. The lowest BCUT2D eigenvalue weighted by Crippen LogP contribution is -2.63. The average Bonchev–Trinajstić information content (AvgIpc) is 4.20. The summed E-state index contributed by atoms with van der Waals surface area (Å²) >= 11 is 6.84. The number of hydrazone groups is 1. The van der Waals surface area contributed by atoms with Crippen molar-refractivity contribution in [3.63, 3.8) is 0 Å². The van der Waals surface area contributed by atoms with E-state index >= 15 is 0 Å². The number of nitrogens with one attached hydrogen (secondary N) is 2. The molecule has 3 fully saturated rings. The molecule has 7 rings (SSSR count). The molecule has 0 saturated carbocycles. The predicted molar refractivity (Wildman–Crippen MR) is 315 cm³/mol. The number of epoxide rings is 1. The fourth-order valence-corrected chi connectivity index (χ4v) is 13.3. The second-order valence-corrected chi connectivity index (χ2v) is 26.1. The van der Waals surface area contributed by atoms with Gasteiger partial charge in [0.05, 0.1) is 44.1 Å². The number of carbonyl (C=O) groups excluding carboxylic acids is 8. The molecule has 8 atom stereocenters. The minimum absolute atomic E-state index is 0.0241. The minimum atomic E-state index is -1.88. The smallest absolute Gasteiger partial charge is 0.409 e. The number of anilines is 1. The summed E-state index contributed by atoms with van der Waals surface area (Å²) in [6, 6.07) is 8.11. The van der Waals surface area contributed by atoms with E-state index in [0.29, 0.717) is 47.3 Å². The molecule has 4 bridgehead atoms. The number of allylic oxidation sites excluding steroid dienone is 3. The number of aliphatic hydroxyl groups is 1. The first-order valence-corrected chi connectivity index (χ1v) is 30.8. The van der Waals surface area contributed by atoms with Crippen LogP contribution in [0.15, 0.2) is 59.2 Å². The van der Waals surface area contributed by atoms with E-state index in [1.165, 1.54) is 59.6 Å². The number of amides is 6. The Balaban J connectivity index is 0.931. The molecule has 84 heavy (non-hydrogen) atoms. The molecule has 3 N–H and O–H groups in total. The van der Waals surface area contributed by atoms with Gasteiger partial charge in [0, 0.05) is 75.3 Å². The Hall–Kier alpha value is -6.18. The molecule has 0 aromatic heterocycles. The third-order valence-corrected chi connectivity index (χ3v) is 19.3. The molecule has 2 aromatic rings. The van der Waals surface area contributed by atoms with Crippen molar-refractivity contribution in [2.75, 3.05) is 45.6 Å². The van der Waals surface area contributed by atoms with Gasteiger partial charge in [-0.1, -0.05) is 63.9 Å². The normalized spacial score (nSPS) is 26.5. The van der Waals surface area contributed by atoms with Gasteiger partial charge in [0.25, 0.3) is 11.8 Å². The number of esters is 1. The van der Waals surface area contributed by atoms with Crippen molar-refractivity contribution >= 4 is 92.2 Å². The summed E-state index contributed by atoms with van der Waals surface area (Å²) in [6.45, 7) is 11.0. The molecule has 0 unspecified atom stereocenters. The molecular formula is C59H77ClN6O16S2. The van der Waals surface area contributed by atoms with Crippen molar-refractivity contribution < 1.29 is 76.7 Å². The van der Waals surface area contributed by atoms with E-state index in [0.717, 1.165) is 47.2 Å². The summed E-state index contributed by atoms with van der Waals surface area (Å²) in [4.78, 5) is 112. The highest BCUT2D eigenvalue weighted by Gasteiger charge is 2.64. The van der Waals surface area contributed by atoms with Crippen LogP contribution in [0.5, 0.6) is 11.5 Å². The maximum Gasteiger partial charge on any atom is 0.409 e. The van der Waals surface area contributed by atoms with Crippen molar-refractivity contribution in [3.05, 3.63) is 75.8 Å². The highest BCUT2D eigenvalue weighted by molar-refractivity contribution is 8.77. The Morgan fingerprint density at radius 2 is 1.76 bits per heavy atom. The molecule has 458 valence electrons. The molecule has 25 heteroatoms. The van der Waals surface area contributed by atoms with Gasteiger partial charge < -0.3 is 48.2 Å². The lowest BCUT2D eigenvalue weighted by Gasteiger charge is -2.42. The van der Waals surface area contributed by atoms with Crippen molar-refractivity contribution in [2.24, 2.45) is 11.0 Å². The zero-order valence-corrected chi connectivity index (χ0v) is 51.6. The van der Waals surface area contributed by atoms with E-state index in [-0.39, 0.29) is 68.4 Å². The summed E-state index contributed by atoms with van der Waals surface area (Å²) in [5.41, 5.74) is 4.28. The van der Waals surface area contributed by atoms with E-state index in [9.17, 15) is 43.5 Å². The van der Waals surface area contributed by atoms with Crippen LogP contribution in [0.25, 0.3) is 0 Å². The SMILES string of the molecule is COc1cc2cc(c1Cl)N(C)C(=O)C[C@H](OC(=O)[C@H](C)N(C)C(=O)CCSSC(C)(C)CC(=O)N/N=C1\CCCCc3cc(OCCCC(=O)ON4C(=O)CCC4=O)ccc31)[C@]1(C)O[C@H]1[C@H](C)[C@@H]1C[C@@](O)(NC(=O)O1)[C@H](OC)/C=C/C=C(\C)C2. The second-order valence-electron chi connectivity index (χ2n) is 22.6. The Kier molecular flexibility index (Phi) is 22.1. The van der Waals surface area contributed by atoms with Gasteiger partial charge in [0.1, 0.15) is 46.5 Å². The van der Waals surface area contributed by atoms with Gasteiger partial charge in [-0.3, -0.25) is 29.3 Å². The number of hydrogen-bond acceptors (Lipinski definition) is 19. The number of fused-ring (bicyclic) bond motifs is 6. The molecule has 5 aliphatic rings. The first-order valence-electron chi connectivity index (χ1n) is 28.1. The number of nitrogens with zero attached hydrogens (tertiary/aromatic N) is 4. The molecule has 0 radical (unpaired) electrons. The zero-order valence-electron chi connectivity index (χ0n) is 49.2. The third-order valence-electron chi connectivity index (χ3n) is 15.6. The first kappa shape index (κ1) is 65.4. The Morgan fingerprint density at radius 3 is 2.48 bits per heavy atom. The van der Waals surface area contributed by atoms with Crippen LogP contribution < -0.4 is 25.1 Å². The number of alkyl carbamates (subject to hydrolysis) is 1. The summed E-state index contributed by atoms with van der Waals surface area (Å²) in [6.07, 6.45) is 4.21. The first-order chi connectivity index (χ1) is 39.8. The van der Waals surface area contributed by atoms with Gasteiger partial charge in [-0.15, -0.1) is 5.06 Å². The van der Waals surface area contributed by atoms with Gasteiger partial charge in [0.2, 0.25) is 17.7 Å². The number of imide groups is 1. The number of rotatable bonds is 19. The van der Waals surface area contributed by atoms with Crippen molar-refractivity contribution in [1.29, 1.82) is 0 Å². The highest BCUT2D eigenvalue weighted by atomic mass is 35.5. The zero-order chi connectivity index (χ0) is 61.3. The van der Waals surface area contributed by atoms with Crippen LogP contribution in [0.2, 0.25) is 5.02 Å². The van der Waals surface area contributed by atoms with Crippen LogP contribution in [0.3, 0.4) is 0 Å². The number of aryl methyl sites for hydroxylation is 1. The van der Waals surface area contributed by atoms with Crippen LogP contribution in [0.1, 0.15) is 129 Å². The monoisotopic (exact) mass is 1220 g/mol. The largest absolute Gasteiger partial charge is 0.495 e. The molecule has 4 heterocycles. The number of likely N-dealkylation sites (N-methyl/N-ethyl adjacent to an activating group) is 1. The maximum atomic E-state index is 14.4. The quantitative estimate of drug-likeness (QED) is 0.0234. The van der Waals surface area contributed by atoms with Crippen LogP contribution in [0, 0.1) is 5.92 Å². The Morgan fingerprint density at radius 1 is 1.04 bits per heavy atom. The van der Waals surface area contributed by atoms with E-state index in [1.54, 1.807) is 45.2 Å². The number of halogens is 1. The van der Waals surface area contributed by atoms with Crippen LogP contribution in [-0.2, 0) is 70.2 Å². The van der Waals surface area contributed by atoms with Crippen molar-refractivity contribution in [2.45, 2.75) is 172 Å². The predicted octanol–water partition coefficient (Wildman–Crippen LogP) is 7.47. The van der Waals surface area contributed by atoms with E-state index in [4.69, 9.17) is 44.9 Å². The molecule has 1 aliphatic carbocycles. The summed E-state index contributed by atoms with van der Waals surface area (Å²) < 4.78 is 34.9. The molecular weight excluding hydrogens is 1150 g/mol. The van der Waals surface area contributed by atoms with Crippen LogP contribution in [0.4, 0.5) is 10.5 Å². The van der Waals surface area contributed by atoms with Crippen LogP contribution >= 0.6 is 33.2 Å². The molecule has 6 amide bonds. The van der Waals surface area contributed by atoms with Crippen molar-refractivity contribution in [3.8, 4) is 11.5 Å². The summed E-state index contributed by atoms with van der Waals surface area (Å²) in [7, 11) is 8.82. The Bertz CT molecular complexity index is 2920. The average molecular weight is 1230 g/mol. The fraction of sp³-hybridized carbons (Fsp3) is 0.576. The number of methoxy groups -OCH3 is 2. The lowest BCUT2D eigenvalue weighted by atomic mass is 9.83. The lowest BCUT2D eigenvalue weighted by molar-refractivity contribution is -0.197. The number of hydrogen-bond donors (Lipinski definition) is 3. The van der Waals surface area contributed by atoms with Gasteiger partial charge in [-0.25, -0.2) is 19.8 Å². The highest BCUT2D eigenvalue weighted by Crippen LogP contribution is 2.49. The van der Waals surface area contributed by atoms with Gasteiger partial charge in [-0.05, 0) is 115 Å². The summed E-state index contributed by atoms with van der Waals surface area (Å²) in [5, 5.41) is 19.7. The minimum Gasteiger partial charge on any atom is -0.495 e. The maximum absolute atomic E-state index is 14.4. The topological polar surface area (TPSA) is 271 Å². The second kappa shape index (κ2) is 28.3. The molecule has 0 spiro atoms. The molecule has 4 aliphatic heterocycles. The number of carbonyl (C=O) groups is 8. The van der Waals surface area contributed by atoms with Crippen molar-refractivity contribution in [1.82, 2.24) is 20.7 Å².